The highest BCUT2D eigenvalue weighted by molar-refractivity contribution is 7.86. The number of halogens is 1. The fourth-order valence-electron chi connectivity index (χ4n) is 3.59. The second kappa shape index (κ2) is 8.17. The molecule has 2 unspecified atom stereocenters. The Labute approximate surface area is 158 Å². The maximum absolute atomic E-state index is 13.9. The van der Waals surface area contributed by atoms with Crippen LogP contribution in [0.5, 0.6) is 0 Å². The molecule has 1 aliphatic rings. The van der Waals surface area contributed by atoms with Crippen molar-refractivity contribution < 1.29 is 17.0 Å². The van der Waals surface area contributed by atoms with Gasteiger partial charge < -0.3 is 5.32 Å². The smallest absolute Gasteiger partial charge is 0.264 e. The Morgan fingerprint density at radius 2 is 1.96 bits per heavy atom. The molecule has 1 aliphatic heterocycles. The summed E-state index contributed by atoms with van der Waals surface area (Å²) in [4.78, 5) is 0. The lowest BCUT2D eigenvalue weighted by Crippen LogP contribution is -2.42. The average Bonchev–Trinajstić information content (AvgIpc) is 3.15. The van der Waals surface area contributed by atoms with Gasteiger partial charge in [-0.1, -0.05) is 24.3 Å². The monoisotopic (exact) mass is 388 g/mol. The molecule has 142 valence electrons. The van der Waals surface area contributed by atoms with E-state index < -0.39 is 28.0 Å². The molecule has 0 aliphatic carbocycles. The first kappa shape index (κ1) is 19.5. The Bertz CT molecular complexity index is 932. The molecule has 0 amide bonds. The molecular weight excluding hydrogens is 367 g/mol. The maximum atomic E-state index is 13.9. The zero-order chi connectivity index (χ0) is 19.4. The SMILES string of the molecule is CS(=O)(=O)OC(C(c1ccc(C#N)cc1)c1cccc(F)c1)[C@H]1CCCN1. The minimum Gasteiger partial charge on any atom is -0.311 e. The van der Waals surface area contributed by atoms with Crippen LogP contribution in [0.4, 0.5) is 4.39 Å². The van der Waals surface area contributed by atoms with Crippen LogP contribution in [0.3, 0.4) is 0 Å². The molecule has 2 aromatic rings. The number of rotatable bonds is 6. The Hall–Kier alpha value is -2.27. The van der Waals surface area contributed by atoms with Crippen molar-refractivity contribution in [3.8, 4) is 6.07 Å². The zero-order valence-corrected chi connectivity index (χ0v) is 15.7. The van der Waals surface area contributed by atoms with Gasteiger partial charge in [0.05, 0.1) is 17.9 Å². The van der Waals surface area contributed by atoms with Crippen molar-refractivity contribution in [3.05, 3.63) is 71.0 Å². The minimum absolute atomic E-state index is 0.177. The van der Waals surface area contributed by atoms with Crippen LogP contribution in [0.2, 0.25) is 0 Å². The van der Waals surface area contributed by atoms with Gasteiger partial charge in [0.15, 0.2) is 0 Å². The van der Waals surface area contributed by atoms with Gasteiger partial charge in [-0.25, -0.2) is 4.39 Å². The molecule has 0 saturated carbocycles. The van der Waals surface area contributed by atoms with Crippen LogP contribution >= 0.6 is 0 Å². The summed E-state index contributed by atoms with van der Waals surface area (Å²) >= 11 is 0. The zero-order valence-electron chi connectivity index (χ0n) is 14.9. The summed E-state index contributed by atoms with van der Waals surface area (Å²) in [7, 11) is -3.73. The third kappa shape index (κ3) is 4.92. The van der Waals surface area contributed by atoms with Gasteiger partial charge >= 0.3 is 0 Å². The first-order valence-electron chi connectivity index (χ1n) is 8.74. The highest BCUT2D eigenvalue weighted by Gasteiger charge is 2.37. The molecule has 0 radical (unpaired) electrons. The second-order valence-corrected chi connectivity index (χ2v) is 8.33. The van der Waals surface area contributed by atoms with E-state index in [9.17, 15) is 12.8 Å². The number of nitriles is 1. The number of hydrogen-bond acceptors (Lipinski definition) is 5. The lowest BCUT2D eigenvalue weighted by Gasteiger charge is -2.31. The van der Waals surface area contributed by atoms with E-state index in [4.69, 9.17) is 9.44 Å². The molecule has 0 aromatic heterocycles. The van der Waals surface area contributed by atoms with Crippen LogP contribution in [-0.4, -0.2) is 33.4 Å². The van der Waals surface area contributed by atoms with E-state index in [0.717, 1.165) is 31.2 Å². The van der Waals surface area contributed by atoms with Crippen LogP contribution in [0.25, 0.3) is 0 Å². The van der Waals surface area contributed by atoms with Crippen molar-refractivity contribution in [1.82, 2.24) is 5.32 Å². The van der Waals surface area contributed by atoms with E-state index in [1.807, 2.05) is 0 Å². The Morgan fingerprint density at radius 3 is 2.52 bits per heavy atom. The number of nitrogens with zero attached hydrogens (tertiary/aromatic N) is 1. The number of benzene rings is 2. The molecule has 7 heteroatoms. The van der Waals surface area contributed by atoms with Crippen molar-refractivity contribution in [2.75, 3.05) is 12.8 Å². The van der Waals surface area contributed by atoms with Crippen molar-refractivity contribution in [1.29, 1.82) is 5.26 Å². The fourth-order valence-corrected chi connectivity index (χ4v) is 4.23. The molecule has 0 spiro atoms. The minimum atomic E-state index is -3.73. The van der Waals surface area contributed by atoms with Gasteiger partial charge in [-0.3, -0.25) is 4.18 Å². The highest BCUT2D eigenvalue weighted by atomic mass is 32.2. The Balaban J connectivity index is 2.11. The van der Waals surface area contributed by atoms with Gasteiger partial charge in [0, 0.05) is 12.0 Å². The van der Waals surface area contributed by atoms with E-state index in [1.165, 1.54) is 12.1 Å². The summed E-state index contributed by atoms with van der Waals surface area (Å²) in [6.07, 6.45) is 1.98. The van der Waals surface area contributed by atoms with Crippen molar-refractivity contribution in [2.24, 2.45) is 0 Å². The third-order valence-corrected chi connectivity index (χ3v) is 5.29. The maximum Gasteiger partial charge on any atom is 0.264 e. The number of hydrogen-bond donors (Lipinski definition) is 1. The molecule has 3 atom stereocenters. The Morgan fingerprint density at radius 1 is 1.22 bits per heavy atom. The van der Waals surface area contributed by atoms with Crippen LogP contribution in [0.15, 0.2) is 48.5 Å². The number of nitrogens with one attached hydrogen (secondary N) is 1. The largest absolute Gasteiger partial charge is 0.311 e. The fraction of sp³-hybridized carbons (Fsp3) is 0.350. The quantitative estimate of drug-likeness (QED) is 0.770. The van der Waals surface area contributed by atoms with Crippen molar-refractivity contribution in [2.45, 2.75) is 30.9 Å². The Kier molecular flexibility index (Phi) is 5.90. The van der Waals surface area contributed by atoms with Gasteiger partial charge in [-0.05, 0) is 54.8 Å². The van der Waals surface area contributed by atoms with Gasteiger partial charge in [0.2, 0.25) is 0 Å². The summed E-state index contributed by atoms with van der Waals surface area (Å²) in [5, 5.41) is 12.3. The summed E-state index contributed by atoms with van der Waals surface area (Å²) in [5.41, 5.74) is 1.89. The summed E-state index contributed by atoms with van der Waals surface area (Å²) < 4.78 is 43.4. The van der Waals surface area contributed by atoms with Crippen molar-refractivity contribution in [3.63, 3.8) is 0 Å². The van der Waals surface area contributed by atoms with Crippen molar-refractivity contribution >= 4 is 10.1 Å². The molecule has 1 fully saturated rings. The molecule has 1 N–H and O–H groups in total. The van der Waals surface area contributed by atoms with E-state index in [1.54, 1.807) is 36.4 Å². The predicted octanol–water partition coefficient (Wildman–Crippen LogP) is 2.93. The lowest BCUT2D eigenvalue weighted by atomic mass is 9.83. The predicted molar refractivity (Wildman–Crippen MR) is 100 cm³/mol. The molecule has 0 bridgehead atoms. The third-order valence-electron chi connectivity index (χ3n) is 4.72. The molecule has 27 heavy (non-hydrogen) atoms. The molecule has 5 nitrogen and oxygen atoms in total. The molecule has 2 aromatic carbocycles. The first-order chi connectivity index (χ1) is 12.9. The second-order valence-electron chi connectivity index (χ2n) is 6.73. The van der Waals surface area contributed by atoms with E-state index in [2.05, 4.69) is 11.4 Å². The van der Waals surface area contributed by atoms with Gasteiger partial charge in [-0.2, -0.15) is 13.7 Å². The molecule has 1 heterocycles. The normalized spacial score (nSPS) is 19.4. The van der Waals surface area contributed by atoms with E-state index in [0.29, 0.717) is 11.1 Å². The van der Waals surface area contributed by atoms with E-state index in [-0.39, 0.29) is 6.04 Å². The summed E-state index contributed by atoms with van der Waals surface area (Å²) in [5.74, 6) is -0.901. The van der Waals surface area contributed by atoms with Crippen LogP contribution in [0.1, 0.15) is 35.4 Å². The molecular formula is C20H21FN2O3S. The van der Waals surface area contributed by atoms with E-state index >= 15 is 0 Å². The average molecular weight is 388 g/mol. The van der Waals surface area contributed by atoms with Gasteiger partial charge in [-0.15, -0.1) is 0 Å². The lowest BCUT2D eigenvalue weighted by molar-refractivity contribution is 0.153. The van der Waals surface area contributed by atoms with Crippen LogP contribution < -0.4 is 5.32 Å². The molecule has 3 rings (SSSR count). The van der Waals surface area contributed by atoms with Crippen LogP contribution in [0, 0.1) is 17.1 Å². The van der Waals surface area contributed by atoms with Gasteiger partial charge in [0.1, 0.15) is 11.9 Å². The highest BCUT2D eigenvalue weighted by Crippen LogP contribution is 2.35. The standard InChI is InChI=1S/C20H21FN2O3S/c1-27(24,25)26-20(18-6-3-11-23-18)19(16-4-2-5-17(21)12-16)15-9-7-14(13-22)8-10-15/h2,4-5,7-10,12,18-20,23H,3,6,11H2,1H3/t18-,19?,20?/m1/s1. The first-order valence-corrected chi connectivity index (χ1v) is 10.6. The van der Waals surface area contributed by atoms with Crippen LogP contribution in [-0.2, 0) is 14.3 Å². The van der Waals surface area contributed by atoms with Gasteiger partial charge in [0.25, 0.3) is 10.1 Å². The summed E-state index contributed by atoms with van der Waals surface area (Å²) in [6, 6.07) is 14.9. The molecule has 1 saturated heterocycles. The topological polar surface area (TPSA) is 79.2 Å². The summed E-state index contributed by atoms with van der Waals surface area (Å²) in [6.45, 7) is 0.775.